The normalized spacial score (nSPS) is 17.2. The first-order chi connectivity index (χ1) is 16.4. The van der Waals surface area contributed by atoms with Crippen molar-refractivity contribution in [3.05, 3.63) is 30.3 Å². The van der Waals surface area contributed by atoms with Crippen molar-refractivity contribution >= 4 is 23.7 Å². The van der Waals surface area contributed by atoms with Crippen molar-refractivity contribution in [1.29, 1.82) is 0 Å². The highest BCUT2D eigenvalue weighted by atomic mass is 16.5. The smallest absolute Gasteiger partial charge is 0.309 e. The second-order valence-corrected chi connectivity index (χ2v) is 8.86. The average Bonchev–Trinajstić information content (AvgIpc) is 2.87. The number of ether oxygens (including phenoxy) is 2. The molecule has 0 aromatic heterocycles. The predicted octanol–water partition coefficient (Wildman–Crippen LogP) is 1.56. The summed E-state index contributed by atoms with van der Waals surface area (Å²) in [5.74, 6) is -0.174. The number of hydrogen-bond donors (Lipinski definition) is 0. The Bertz CT molecular complexity index is 845. The Morgan fingerprint density at radius 1 is 0.882 bits per heavy atom. The lowest BCUT2D eigenvalue weighted by atomic mass is 9.95. The highest BCUT2D eigenvalue weighted by Crippen LogP contribution is 2.21. The lowest BCUT2D eigenvalue weighted by Crippen LogP contribution is -2.48. The maximum atomic E-state index is 12.9. The van der Waals surface area contributed by atoms with Crippen LogP contribution < -0.4 is 4.74 Å². The summed E-state index contributed by atoms with van der Waals surface area (Å²) in [6.07, 6.45) is 2.31. The van der Waals surface area contributed by atoms with Gasteiger partial charge in [0.05, 0.1) is 19.1 Å². The molecule has 0 unspecified atom stereocenters. The van der Waals surface area contributed by atoms with Gasteiger partial charge in [0.2, 0.25) is 11.8 Å². The quantitative estimate of drug-likeness (QED) is 0.532. The lowest BCUT2D eigenvalue weighted by molar-refractivity contribution is -0.151. The van der Waals surface area contributed by atoms with Crippen molar-refractivity contribution < 1.29 is 28.7 Å². The number of hydrogen-bond acceptors (Lipinski definition) is 6. The van der Waals surface area contributed by atoms with Crippen molar-refractivity contribution in [2.75, 3.05) is 53.0 Å². The number of likely N-dealkylation sites (tertiary alicyclic amines) is 2. The molecular weight excluding hydrogens is 438 g/mol. The molecule has 186 valence electrons. The monoisotopic (exact) mass is 473 g/mol. The molecule has 1 aromatic carbocycles. The van der Waals surface area contributed by atoms with E-state index in [1.54, 1.807) is 35.9 Å². The van der Waals surface area contributed by atoms with Gasteiger partial charge in [0, 0.05) is 39.1 Å². The topological polar surface area (TPSA) is 96.5 Å². The molecule has 2 aliphatic rings. The highest BCUT2D eigenvalue weighted by molar-refractivity contribution is 5.86. The molecule has 3 amide bonds. The number of carbonyl (C=O) groups excluding carboxylic acids is 4. The minimum absolute atomic E-state index is 0.0208. The van der Waals surface area contributed by atoms with E-state index in [4.69, 9.17) is 9.47 Å². The van der Waals surface area contributed by atoms with Crippen LogP contribution in [0.15, 0.2) is 30.3 Å². The third-order valence-electron chi connectivity index (χ3n) is 6.52. The Kier molecular flexibility index (Phi) is 9.30. The zero-order valence-corrected chi connectivity index (χ0v) is 20.1. The van der Waals surface area contributed by atoms with Gasteiger partial charge in [-0.25, -0.2) is 0 Å². The number of piperidine rings is 2. The summed E-state index contributed by atoms with van der Waals surface area (Å²) in [5, 5.41) is 0. The summed E-state index contributed by atoms with van der Waals surface area (Å²) in [5.41, 5.74) is 0. The molecule has 3 rings (SSSR count). The van der Waals surface area contributed by atoms with E-state index in [0.29, 0.717) is 64.2 Å². The zero-order valence-electron chi connectivity index (χ0n) is 20.1. The highest BCUT2D eigenvalue weighted by Gasteiger charge is 2.32. The van der Waals surface area contributed by atoms with Gasteiger partial charge in [0.15, 0.2) is 6.61 Å². The van der Waals surface area contributed by atoms with Crippen LogP contribution in [0.1, 0.15) is 32.6 Å². The average molecular weight is 474 g/mol. The fourth-order valence-corrected chi connectivity index (χ4v) is 4.45. The van der Waals surface area contributed by atoms with Gasteiger partial charge in [-0.1, -0.05) is 18.2 Å². The van der Waals surface area contributed by atoms with E-state index < -0.39 is 0 Å². The van der Waals surface area contributed by atoms with Crippen LogP contribution in [0.2, 0.25) is 0 Å². The van der Waals surface area contributed by atoms with Gasteiger partial charge in [-0.05, 0) is 44.7 Å². The van der Waals surface area contributed by atoms with Crippen molar-refractivity contribution in [2.24, 2.45) is 11.8 Å². The Labute approximate surface area is 201 Å². The zero-order chi connectivity index (χ0) is 24.5. The molecule has 0 atom stereocenters. The molecule has 0 N–H and O–H groups in total. The Morgan fingerprint density at radius 3 is 2.03 bits per heavy atom. The molecule has 0 aliphatic carbocycles. The van der Waals surface area contributed by atoms with Gasteiger partial charge in [-0.2, -0.15) is 0 Å². The van der Waals surface area contributed by atoms with Crippen molar-refractivity contribution in [3.8, 4) is 5.75 Å². The Balaban J connectivity index is 1.37. The number of esters is 1. The summed E-state index contributed by atoms with van der Waals surface area (Å²) in [7, 11) is 1.65. The Hall–Kier alpha value is -3.10. The number of nitrogens with zero attached hydrogens (tertiary/aromatic N) is 3. The van der Waals surface area contributed by atoms with E-state index in [1.807, 2.05) is 18.2 Å². The first-order valence-electron chi connectivity index (χ1n) is 12.0. The van der Waals surface area contributed by atoms with E-state index in [-0.39, 0.29) is 48.7 Å². The van der Waals surface area contributed by atoms with Crippen LogP contribution in [0.5, 0.6) is 5.75 Å². The van der Waals surface area contributed by atoms with Crippen molar-refractivity contribution in [3.63, 3.8) is 0 Å². The molecule has 1 aromatic rings. The molecule has 9 heteroatoms. The lowest BCUT2D eigenvalue weighted by Gasteiger charge is -2.34. The third kappa shape index (κ3) is 6.95. The number of amides is 3. The van der Waals surface area contributed by atoms with Crippen LogP contribution in [-0.2, 0) is 23.9 Å². The van der Waals surface area contributed by atoms with Gasteiger partial charge in [-0.3, -0.25) is 19.2 Å². The van der Waals surface area contributed by atoms with Gasteiger partial charge in [0.1, 0.15) is 5.75 Å². The molecule has 0 bridgehead atoms. The van der Waals surface area contributed by atoms with E-state index in [2.05, 4.69) is 0 Å². The summed E-state index contributed by atoms with van der Waals surface area (Å²) in [4.78, 5) is 54.8. The predicted molar refractivity (Wildman–Crippen MR) is 125 cm³/mol. The molecule has 2 aliphatic heterocycles. The van der Waals surface area contributed by atoms with Crippen LogP contribution in [-0.4, -0.2) is 91.4 Å². The molecule has 2 heterocycles. The number of benzene rings is 1. The number of carbonyl (C=O) groups is 4. The molecular formula is C25H35N3O6. The van der Waals surface area contributed by atoms with E-state index >= 15 is 0 Å². The van der Waals surface area contributed by atoms with Crippen LogP contribution in [0.4, 0.5) is 0 Å². The van der Waals surface area contributed by atoms with Crippen molar-refractivity contribution in [2.45, 2.75) is 32.6 Å². The van der Waals surface area contributed by atoms with Gasteiger partial charge in [-0.15, -0.1) is 0 Å². The van der Waals surface area contributed by atoms with Gasteiger partial charge >= 0.3 is 5.97 Å². The van der Waals surface area contributed by atoms with E-state index in [0.717, 1.165) is 0 Å². The second-order valence-electron chi connectivity index (χ2n) is 8.86. The fraction of sp³-hybridized carbons (Fsp3) is 0.600. The molecule has 34 heavy (non-hydrogen) atoms. The third-order valence-corrected chi connectivity index (χ3v) is 6.52. The first-order valence-corrected chi connectivity index (χ1v) is 12.0. The Morgan fingerprint density at radius 2 is 1.44 bits per heavy atom. The van der Waals surface area contributed by atoms with Crippen LogP contribution in [0, 0.1) is 11.8 Å². The summed E-state index contributed by atoms with van der Waals surface area (Å²) >= 11 is 0. The van der Waals surface area contributed by atoms with Gasteiger partial charge < -0.3 is 24.2 Å². The van der Waals surface area contributed by atoms with E-state index in [1.165, 1.54) is 4.90 Å². The minimum Gasteiger partial charge on any atom is -0.484 e. The minimum atomic E-state index is -0.202. The molecule has 2 fully saturated rings. The first kappa shape index (κ1) is 25.5. The van der Waals surface area contributed by atoms with Gasteiger partial charge in [0.25, 0.3) is 5.91 Å². The maximum Gasteiger partial charge on any atom is 0.309 e. The molecule has 9 nitrogen and oxygen atoms in total. The van der Waals surface area contributed by atoms with Crippen LogP contribution >= 0.6 is 0 Å². The SMILES string of the molecule is CCOC(=O)C1CCN(C(=O)CN(C)C(=O)C2CCN(C(=O)COc3ccccc3)CC2)CC1. The molecule has 0 radical (unpaired) electrons. The number of likely N-dealkylation sites (N-methyl/N-ethyl adjacent to an activating group) is 1. The molecule has 2 saturated heterocycles. The largest absolute Gasteiger partial charge is 0.484 e. The molecule has 0 spiro atoms. The number of para-hydroxylation sites is 1. The number of rotatable bonds is 8. The summed E-state index contributed by atoms with van der Waals surface area (Å²) < 4.78 is 10.6. The standard InChI is InChI=1S/C25H35N3O6/c1-3-33-25(32)20-11-15-27(16-12-20)22(29)17-26(2)24(31)19-9-13-28(14-10-19)23(30)18-34-21-7-5-4-6-8-21/h4-8,19-20H,3,9-18H2,1-2H3. The summed E-state index contributed by atoms with van der Waals surface area (Å²) in [6, 6.07) is 9.19. The van der Waals surface area contributed by atoms with Crippen LogP contribution in [0.25, 0.3) is 0 Å². The van der Waals surface area contributed by atoms with Crippen LogP contribution in [0.3, 0.4) is 0 Å². The fourth-order valence-electron chi connectivity index (χ4n) is 4.45. The summed E-state index contributed by atoms with van der Waals surface area (Å²) in [6.45, 7) is 4.13. The maximum absolute atomic E-state index is 12.9. The van der Waals surface area contributed by atoms with Crippen molar-refractivity contribution in [1.82, 2.24) is 14.7 Å². The van der Waals surface area contributed by atoms with E-state index in [9.17, 15) is 19.2 Å². The molecule has 0 saturated carbocycles. The second kappa shape index (κ2) is 12.4.